The number of thiazole rings is 1. The summed E-state index contributed by atoms with van der Waals surface area (Å²) in [6.07, 6.45) is 3.90. The van der Waals surface area contributed by atoms with E-state index in [-0.39, 0.29) is 24.0 Å². The Bertz CT molecular complexity index is 377. The second kappa shape index (κ2) is 15.8. The van der Waals surface area contributed by atoms with Crippen molar-refractivity contribution in [3.63, 3.8) is 0 Å². The molecule has 0 spiro atoms. The summed E-state index contributed by atoms with van der Waals surface area (Å²) in [6, 6.07) is 0. The Morgan fingerprint density at radius 1 is 1.36 bits per heavy atom. The zero-order valence-electron chi connectivity index (χ0n) is 13.3. The van der Waals surface area contributed by atoms with E-state index >= 15 is 0 Å². The third-order valence-electron chi connectivity index (χ3n) is 2.51. The molecule has 128 valence electrons. The molecule has 5 nitrogen and oxygen atoms in total. The molecule has 1 aromatic rings. The fourth-order valence-corrected chi connectivity index (χ4v) is 3.20. The highest BCUT2D eigenvalue weighted by Gasteiger charge is 1.98. The lowest BCUT2D eigenvalue weighted by Crippen LogP contribution is -2.38. The highest BCUT2D eigenvalue weighted by atomic mass is 127. The molecule has 1 aromatic heterocycles. The van der Waals surface area contributed by atoms with Crippen molar-refractivity contribution >= 4 is 53.0 Å². The Morgan fingerprint density at radius 2 is 2.23 bits per heavy atom. The van der Waals surface area contributed by atoms with E-state index in [2.05, 4.69) is 27.5 Å². The fourth-order valence-electron chi connectivity index (χ4n) is 1.56. The maximum atomic E-state index is 5.32. The maximum absolute atomic E-state index is 5.32. The summed E-state index contributed by atoms with van der Waals surface area (Å²) < 4.78 is 6.45. The fraction of sp³-hybridized carbons (Fsp3) is 0.714. The van der Waals surface area contributed by atoms with Gasteiger partial charge in [-0.2, -0.15) is 0 Å². The number of aromatic nitrogens is 1. The van der Waals surface area contributed by atoms with Gasteiger partial charge in [-0.15, -0.1) is 35.3 Å². The molecule has 8 heteroatoms. The van der Waals surface area contributed by atoms with Crippen molar-refractivity contribution < 1.29 is 4.74 Å². The van der Waals surface area contributed by atoms with Gasteiger partial charge in [0.25, 0.3) is 0 Å². The number of rotatable bonds is 11. The van der Waals surface area contributed by atoms with Gasteiger partial charge in [0.1, 0.15) is 4.34 Å². The van der Waals surface area contributed by atoms with E-state index in [4.69, 9.17) is 4.74 Å². The summed E-state index contributed by atoms with van der Waals surface area (Å²) >= 11 is 3.49. The number of hydrogen-bond donors (Lipinski definition) is 2. The molecule has 2 N–H and O–H groups in total. The molecule has 0 saturated carbocycles. The number of aliphatic imine (C=N–C) groups is 1. The van der Waals surface area contributed by atoms with Crippen molar-refractivity contribution in [3.8, 4) is 0 Å². The SMILES string of the molecule is CCNC(=NCCCSc1nccs1)NCCCOCC.I. The van der Waals surface area contributed by atoms with E-state index in [0.29, 0.717) is 0 Å². The summed E-state index contributed by atoms with van der Waals surface area (Å²) in [5, 5.41) is 8.59. The topological polar surface area (TPSA) is 58.5 Å². The summed E-state index contributed by atoms with van der Waals surface area (Å²) in [4.78, 5) is 8.83. The van der Waals surface area contributed by atoms with E-state index in [1.54, 1.807) is 23.1 Å². The lowest BCUT2D eigenvalue weighted by Gasteiger charge is -2.11. The van der Waals surface area contributed by atoms with Crippen molar-refractivity contribution in [1.82, 2.24) is 15.6 Å². The molecule has 0 aromatic carbocycles. The molecule has 1 heterocycles. The van der Waals surface area contributed by atoms with Crippen LogP contribution in [0.1, 0.15) is 26.7 Å². The van der Waals surface area contributed by atoms with Crippen LogP contribution in [0.15, 0.2) is 20.9 Å². The molecule has 0 radical (unpaired) electrons. The average Bonchev–Trinajstić information content (AvgIpc) is 3.00. The first-order valence-electron chi connectivity index (χ1n) is 7.49. The minimum atomic E-state index is 0. The molecule has 0 unspecified atom stereocenters. The molecule has 1 rings (SSSR count). The smallest absolute Gasteiger partial charge is 0.191 e. The highest BCUT2D eigenvalue weighted by molar-refractivity contribution is 14.0. The van der Waals surface area contributed by atoms with Gasteiger partial charge >= 0.3 is 0 Å². The van der Waals surface area contributed by atoms with Gasteiger partial charge in [0.05, 0.1) is 0 Å². The predicted octanol–water partition coefficient (Wildman–Crippen LogP) is 3.23. The molecule has 0 saturated heterocycles. The number of nitrogens with one attached hydrogen (secondary N) is 2. The van der Waals surface area contributed by atoms with Crippen LogP contribution in [-0.2, 0) is 4.74 Å². The van der Waals surface area contributed by atoms with E-state index in [1.807, 2.05) is 18.5 Å². The van der Waals surface area contributed by atoms with Gasteiger partial charge in [-0.25, -0.2) is 4.98 Å². The summed E-state index contributed by atoms with van der Waals surface area (Å²) in [5.74, 6) is 1.95. The number of guanidine groups is 1. The number of halogens is 1. The van der Waals surface area contributed by atoms with Gasteiger partial charge in [0.15, 0.2) is 5.96 Å². The Kier molecular flexibility index (Phi) is 15.8. The molecular weight excluding hydrogens is 431 g/mol. The molecule has 0 atom stereocenters. The van der Waals surface area contributed by atoms with Gasteiger partial charge in [-0.1, -0.05) is 11.8 Å². The largest absolute Gasteiger partial charge is 0.382 e. The van der Waals surface area contributed by atoms with E-state index < -0.39 is 0 Å². The first kappa shape index (κ1) is 21.9. The number of ether oxygens (including phenoxy) is 1. The Morgan fingerprint density at radius 3 is 2.91 bits per heavy atom. The molecular formula is C14H27IN4OS2. The van der Waals surface area contributed by atoms with E-state index in [1.165, 1.54) is 0 Å². The molecule has 0 fully saturated rings. The zero-order valence-corrected chi connectivity index (χ0v) is 17.3. The lowest BCUT2D eigenvalue weighted by molar-refractivity contribution is 0.145. The monoisotopic (exact) mass is 458 g/mol. The third kappa shape index (κ3) is 11.5. The number of hydrogen-bond acceptors (Lipinski definition) is 5. The van der Waals surface area contributed by atoms with Crippen LogP contribution in [0.3, 0.4) is 0 Å². The van der Waals surface area contributed by atoms with Crippen LogP contribution in [0, 0.1) is 0 Å². The molecule has 0 amide bonds. The van der Waals surface area contributed by atoms with Crippen molar-refractivity contribution in [2.24, 2.45) is 4.99 Å². The van der Waals surface area contributed by atoms with Crippen LogP contribution in [-0.4, -0.2) is 49.5 Å². The van der Waals surface area contributed by atoms with Crippen LogP contribution >= 0.6 is 47.1 Å². The molecule has 0 aliphatic heterocycles. The first-order valence-corrected chi connectivity index (χ1v) is 9.35. The Balaban J connectivity index is 0.00000441. The normalized spacial score (nSPS) is 11.1. The summed E-state index contributed by atoms with van der Waals surface area (Å²) in [7, 11) is 0. The van der Waals surface area contributed by atoms with Gasteiger partial charge in [-0.3, -0.25) is 4.99 Å². The summed E-state index contributed by atoms with van der Waals surface area (Å²) in [6.45, 7) is 8.28. The minimum Gasteiger partial charge on any atom is -0.382 e. The third-order valence-corrected chi connectivity index (χ3v) is 4.57. The maximum Gasteiger partial charge on any atom is 0.191 e. The standard InChI is InChI=1S/C14H26N4OS2.HI/c1-3-15-13(16-7-5-10-19-4-2)17-8-6-11-20-14-18-9-12-21-14;/h9,12H,3-8,10-11H2,1-2H3,(H2,15,16,17);1H. The Hall–Kier alpha value is -0.0600. The lowest BCUT2D eigenvalue weighted by atomic mass is 10.4. The van der Waals surface area contributed by atoms with Crippen molar-refractivity contribution in [2.75, 3.05) is 38.6 Å². The number of thioether (sulfide) groups is 1. The predicted molar refractivity (Wildman–Crippen MR) is 108 cm³/mol. The summed E-state index contributed by atoms with van der Waals surface area (Å²) in [5.41, 5.74) is 0. The molecule has 0 bridgehead atoms. The molecule has 0 aliphatic carbocycles. The van der Waals surface area contributed by atoms with Crippen molar-refractivity contribution in [2.45, 2.75) is 31.0 Å². The van der Waals surface area contributed by atoms with Crippen molar-refractivity contribution in [3.05, 3.63) is 11.6 Å². The quantitative estimate of drug-likeness (QED) is 0.175. The van der Waals surface area contributed by atoms with Gasteiger partial charge in [0, 0.05) is 50.2 Å². The van der Waals surface area contributed by atoms with Crippen LogP contribution in [0.25, 0.3) is 0 Å². The van der Waals surface area contributed by atoms with Gasteiger partial charge < -0.3 is 15.4 Å². The second-order valence-electron chi connectivity index (χ2n) is 4.24. The average molecular weight is 458 g/mol. The van der Waals surface area contributed by atoms with Gasteiger partial charge in [-0.05, 0) is 26.7 Å². The van der Waals surface area contributed by atoms with Crippen molar-refractivity contribution in [1.29, 1.82) is 0 Å². The molecule has 22 heavy (non-hydrogen) atoms. The van der Waals surface area contributed by atoms with Gasteiger partial charge in [0.2, 0.25) is 0 Å². The van der Waals surface area contributed by atoms with Crippen LogP contribution in [0.4, 0.5) is 0 Å². The van der Waals surface area contributed by atoms with Crippen LogP contribution in [0.5, 0.6) is 0 Å². The van der Waals surface area contributed by atoms with Crippen LogP contribution < -0.4 is 10.6 Å². The number of nitrogens with zero attached hydrogens (tertiary/aromatic N) is 2. The van der Waals surface area contributed by atoms with E-state index in [9.17, 15) is 0 Å². The van der Waals surface area contributed by atoms with E-state index in [0.717, 1.165) is 61.7 Å². The first-order chi connectivity index (χ1) is 10.4. The molecule has 0 aliphatic rings. The minimum absolute atomic E-state index is 0. The second-order valence-corrected chi connectivity index (χ2v) is 6.47. The Labute approximate surface area is 159 Å². The van der Waals surface area contributed by atoms with Crippen LogP contribution in [0.2, 0.25) is 0 Å². The highest BCUT2D eigenvalue weighted by Crippen LogP contribution is 2.20. The zero-order chi connectivity index (χ0) is 15.2.